The third kappa shape index (κ3) is 4.80. The predicted octanol–water partition coefficient (Wildman–Crippen LogP) is 4.96. The van der Waals surface area contributed by atoms with Crippen LogP contribution in [0.4, 0.5) is 0 Å². The Morgan fingerprint density at radius 3 is 2.43 bits per heavy atom. The Bertz CT molecular complexity index is 1100. The molecular formula is C23H21BrN4O2. The monoisotopic (exact) mass is 464 g/mol. The minimum atomic E-state index is -0.223. The smallest absolute Gasteiger partial charge is 0.272 e. The lowest BCUT2D eigenvalue weighted by molar-refractivity contribution is 0.0932. The molecule has 4 rings (SSSR count). The zero-order chi connectivity index (χ0) is 20.9. The molecule has 0 radical (unpaired) electrons. The molecule has 1 unspecified atom stereocenters. The van der Waals surface area contributed by atoms with Gasteiger partial charge in [0.25, 0.3) is 5.91 Å². The normalized spacial score (nSPS) is 11.8. The summed E-state index contributed by atoms with van der Waals surface area (Å²) in [5.74, 6) is 0.510. The fourth-order valence-corrected chi connectivity index (χ4v) is 3.29. The molecule has 2 aromatic carbocycles. The Morgan fingerprint density at radius 2 is 1.73 bits per heavy atom. The quantitative estimate of drug-likeness (QED) is 0.420. The van der Waals surface area contributed by atoms with Crippen LogP contribution in [-0.4, -0.2) is 20.3 Å². The predicted molar refractivity (Wildman–Crippen MR) is 119 cm³/mol. The summed E-state index contributed by atoms with van der Waals surface area (Å²) in [6.45, 7) is 2.18. The summed E-state index contributed by atoms with van der Waals surface area (Å²) >= 11 is 3.39. The average molecular weight is 465 g/mol. The minimum Gasteiger partial charge on any atom is -0.471 e. The molecule has 0 aliphatic rings. The van der Waals surface area contributed by atoms with Gasteiger partial charge in [0.05, 0.1) is 6.04 Å². The number of carbonyl (C=O) groups excluding carboxylic acids is 1. The summed E-state index contributed by atoms with van der Waals surface area (Å²) in [7, 11) is 0. The van der Waals surface area contributed by atoms with E-state index in [-0.39, 0.29) is 18.7 Å². The van der Waals surface area contributed by atoms with Crippen molar-refractivity contribution in [3.63, 3.8) is 0 Å². The van der Waals surface area contributed by atoms with E-state index in [1.807, 2.05) is 84.5 Å². The number of nitrogens with zero attached hydrogens (tertiary/aromatic N) is 3. The van der Waals surface area contributed by atoms with Crippen molar-refractivity contribution in [3.8, 4) is 11.4 Å². The van der Waals surface area contributed by atoms with E-state index in [0.717, 1.165) is 21.5 Å². The lowest BCUT2D eigenvalue weighted by Crippen LogP contribution is -2.27. The number of halogens is 1. The van der Waals surface area contributed by atoms with E-state index >= 15 is 0 Å². The molecule has 0 aliphatic heterocycles. The second kappa shape index (κ2) is 9.00. The number of hydrogen-bond acceptors (Lipinski definition) is 3. The van der Waals surface area contributed by atoms with E-state index in [1.54, 1.807) is 16.9 Å². The van der Waals surface area contributed by atoms with Gasteiger partial charge in [-0.15, -0.1) is 0 Å². The number of nitrogens with one attached hydrogen (secondary N) is 1. The van der Waals surface area contributed by atoms with Crippen LogP contribution in [0, 0.1) is 0 Å². The van der Waals surface area contributed by atoms with Crippen molar-refractivity contribution in [1.29, 1.82) is 0 Å². The summed E-state index contributed by atoms with van der Waals surface area (Å²) in [6, 6.07) is 21.2. The van der Waals surface area contributed by atoms with Crippen molar-refractivity contribution in [1.82, 2.24) is 19.7 Å². The third-order valence-corrected chi connectivity index (χ3v) is 5.22. The Morgan fingerprint density at radius 1 is 1.03 bits per heavy atom. The fraction of sp³-hybridized carbons (Fsp3) is 0.130. The second-order valence-corrected chi connectivity index (χ2v) is 7.76. The summed E-state index contributed by atoms with van der Waals surface area (Å²) in [6.07, 6.45) is 5.72. The Kier molecular flexibility index (Phi) is 5.99. The molecule has 1 N–H and O–H groups in total. The van der Waals surface area contributed by atoms with Gasteiger partial charge in [0.1, 0.15) is 11.4 Å². The molecule has 0 saturated heterocycles. The van der Waals surface area contributed by atoms with E-state index < -0.39 is 0 Å². The van der Waals surface area contributed by atoms with E-state index in [1.165, 1.54) is 0 Å². The van der Waals surface area contributed by atoms with Gasteiger partial charge in [-0.2, -0.15) is 5.10 Å². The number of benzene rings is 2. The molecule has 2 heterocycles. The first-order valence-electron chi connectivity index (χ1n) is 9.54. The van der Waals surface area contributed by atoms with Gasteiger partial charge in [-0.1, -0.05) is 28.1 Å². The van der Waals surface area contributed by atoms with E-state index in [0.29, 0.717) is 5.69 Å². The van der Waals surface area contributed by atoms with Gasteiger partial charge in [-0.3, -0.25) is 4.79 Å². The second-order valence-electron chi connectivity index (χ2n) is 6.84. The van der Waals surface area contributed by atoms with Gasteiger partial charge in [0.15, 0.2) is 6.73 Å². The standard InChI is InChI=1S/C23H21BrN4O2/c1-17(18-4-8-20(9-5-18)27-13-2-3-14-27)25-23(29)22-12-15-28(26-22)16-30-21-10-6-19(24)7-11-21/h2-15,17H,16H2,1H3,(H,25,29). The van der Waals surface area contributed by atoms with Gasteiger partial charge in [-0.05, 0) is 67.1 Å². The van der Waals surface area contributed by atoms with Crippen LogP contribution < -0.4 is 10.1 Å². The van der Waals surface area contributed by atoms with Crippen molar-refractivity contribution in [2.24, 2.45) is 0 Å². The topological polar surface area (TPSA) is 61.1 Å². The Balaban J connectivity index is 1.33. The van der Waals surface area contributed by atoms with Gasteiger partial charge in [-0.25, -0.2) is 4.68 Å². The van der Waals surface area contributed by atoms with Gasteiger partial charge in [0, 0.05) is 28.8 Å². The molecule has 1 amide bonds. The lowest BCUT2D eigenvalue weighted by Gasteiger charge is -2.14. The van der Waals surface area contributed by atoms with E-state index in [9.17, 15) is 4.79 Å². The van der Waals surface area contributed by atoms with E-state index in [4.69, 9.17) is 4.74 Å². The zero-order valence-electron chi connectivity index (χ0n) is 16.4. The van der Waals surface area contributed by atoms with Gasteiger partial charge < -0.3 is 14.6 Å². The molecule has 30 heavy (non-hydrogen) atoms. The molecule has 0 fully saturated rings. The first-order valence-corrected chi connectivity index (χ1v) is 10.3. The van der Waals surface area contributed by atoms with Crippen LogP contribution >= 0.6 is 15.9 Å². The summed E-state index contributed by atoms with van der Waals surface area (Å²) in [5, 5.41) is 7.30. The molecule has 1 atom stereocenters. The number of carbonyl (C=O) groups is 1. The number of aromatic nitrogens is 3. The summed E-state index contributed by atoms with van der Waals surface area (Å²) in [5.41, 5.74) is 2.45. The highest BCUT2D eigenvalue weighted by Crippen LogP contribution is 2.18. The van der Waals surface area contributed by atoms with Crippen molar-refractivity contribution in [2.45, 2.75) is 19.7 Å². The largest absolute Gasteiger partial charge is 0.471 e. The molecule has 0 spiro atoms. The molecule has 6 nitrogen and oxygen atoms in total. The highest BCUT2D eigenvalue weighted by atomic mass is 79.9. The van der Waals surface area contributed by atoms with Crippen LogP contribution in [0.3, 0.4) is 0 Å². The molecule has 0 aliphatic carbocycles. The maximum absolute atomic E-state index is 12.6. The Labute approximate surface area is 183 Å². The summed E-state index contributed by atoms with van der Waals surface area (Å²) < 4.78 is 10.3. The number of rotatable bonds is 7. The average Bonchev–Trinajstić information content (AvgIpc) is 3.46. The summed E-state index contributed by atoms with van der Waals surface area (Å²) in [4.78, 5) is 12.6. The van der Waals surface area contributed by atoms with Crippen LogP contribution in [-0.2, 0) is 6.73 Å². The number of amides is 1. The zero-order valence-corrected chi connectivity index (χ0v) is 18.0. The van der Waals surface area contributed by atoms with Crippen molar-refractivity contribution in [3.05, 3.63) is 101 Å². The SMILES string of the molecule is CC(NC(=O)c1ccn(COc2ccc(Br)cc2)n1)c1ccc(-n2cccc2)cc1. The molecular weight excluding hydrogens is 444 g/mol. The van der Waals surface area contributed by atoms with Gasteiger partial charge in [0.2, 0.25) is 0 Å². The Hall–Kier alpha value is -3.32. The number of hydrogen-bond donors (Lipinski definition) is 1. The van der Waals surface area contributed by atoms with Crippen molar-refractivity contribution >= 4 is 21.8 Å². The van der Waals surface area contributed by atoms with Crippen LogP contribution in [0.25, 0.3) is 5.69 Å². The maximum atomic E-state index is 12.6. The highest BCUT2D eigenvalue weighted by Gasteiger charge is 2.14. The molecule has 0 saturated carbocycles. The molecule has 152 valence electrons. The van der Waals surface area contributed by atoms with Crippen molar-refractivity contribution in [2.75, 3.05) is 0 Å². The fourth-order valence-electron chi connectivity index (χ4n) is 3.02. The lowest BCUT2D eigenvalue weighted by atomic mass is 10.1. The van der Waals surface area contributed by atoms with Crippen molar-refractivity contribution < 1.29 is 9.53 Å². The van der Waals surface area contributed by atoms with Crippen LogP contribution in [0.5, 0.6) is 5.75 Å². The van der Waals surface area contributed by atoms with Crippen LogP contribution in [0.1, 0.15) is 29.0 Å². The van der Waals surface area contributed by atoms with Gasteiger partial charge >= 0.3 is 0 Å². The minimum absolute atomic E-state index is 0.139. The first-order chi connectivity index (χ1) is 14.6. The van der Waals surface area contributed by atoms with Crippen LogP contribution in [0.15, 0.2) is 89.8 Å². The van der Waals surface area contributed by atoms with Crippen LogP contribution in [0.2, 0.25) is 0 Å². The third-order valence-electron chi connectivity index (χ3n) is 4.69. The highest BCUT2D eigenvalue weighted by molar-refractivity contribution is 9.10. The molecule has 2 aromatic heterocycles. The maximum Gasteiger partial charge on any atom is 0.272 e. The van der Waals surface area contributed by atoms with E-state index in [2.05, 4.69) is 26.3 Å². The molecule has 4 aromatic rings. The molecule has 7 heteroatoms. The molecule has 0 bridgehead atoms. The number of ether oxygens (including phenoxy) is 1. The first kappa shape index (κ1) is 20.0.